The SMILES string of the molecule is COc1c(F)cc(CNCC(C)C)cc1F. The standard InChI is InChI=1S/C12H17F2NO/c1-8(2)6-15-7-9-4-10(13)12(16-3)11(14)5-9/h4-5,8,15H,6-7H2,1-3H3. The van der Waals surface area contributed by atoms with Crippen molar-refractivity contribution in [3.05, 3.63) is 29.3 Å². The van der Waals surface area contributed by atoms with Gasteiger partial charge in [-0.15, -0.1) is 0 Å². The van der Waals surface area contributed by atoms with Gasteiger partial charge in [-0.25, -0.2) is 8.78 Å². The molecule has 0 amide bonds. The Balaban J connectivity index is 2.68. The Kier molecular flexibility index (Phi) is 4.68. The van der Waals surface area contributed by atoms with Crippen molar-refractivity contribution in [3.8, 4) is 5.75 Å². The highest BCUT2D eigenvalue weighted by molar-refractivity contribution is 5.31. The molecule has 0 aliphatic carbocycles. The Morgan fingerprint density at radius 2 is 1.81 bits per heavy atom. The summed E-state index contributed by atoms with van der Waals surface area (Å²) < 4.78 is 31.2. The Hall–Kier alpha value is -1.16. The zero-order valence-corrected chi connectivity index (χ0v) is 9.81. The van der Waals surface area contributed by atoms with Gasteiger partial charge < -0.3 is 10.1 Å². The molecule has 2 nitrogen and oxygen atoms in total. The average molecular weight is 229 g/mol. The number of benzene rings is 1. The van der Waals surface area contributed by atoms with Crippen molar-refractivity contribution in [2.45, 2.75) is 20.4 Å². The molecule has 0 fully saturated rings. The van der Waals surface area contributed by atoms with Gasteiger partial charge in [0, 0.05) is 6.54 Å². The molecule has 0 radical (unpaired) electrons. The summed E-state index contributed by atoms with van der Waals surface area (Å²) in [5.41, 5.74) is 0.580. The maximum atomic E-state index is 13.3. The molecule has 1 aromatic rings. The normalized spacial score (nSPS) is 10.9. The Labute approximate surface area is 94.6 Å². The first-order valence-corrected chi connectivity index (χ1v) is 5.27. The molecule has 0 heterocycles. The van der Waals surface area contributed by atoms with Gasteiger partial charge in [0.15, 0.2) is 17.4 Å². The third-order valence-electron chi connectivity index (χ3n) is 2.14. The number of halogens is 2. The lowest BCUT2D eigenvalue weighted by atomic mass is 10.2. The lowest BCUT2D eigenvalue weighted by Crippen LogP contribution is -2.19. The molecule has 0 spiro atoms. The summed E-state index contributed by atoms with van der Waals surface area (Å²) in [6, 6.07) is 2.57. The van der Waals surface area contributed by atoms with Crippen LogP contribution in [-0.4, -0.2) is 13.7 Å². The van der Waals surface area contributed by atoms with Crippen LogP contribution >= 0.6 is 0 Å². The zero-order valence-electron chi connectivity index (χ0n) is 9.81. The number of methoxy groups -OCH3 is 1. The topological polar surface area (TPSA) is 21.3 Å². The molecule has 0 saturated heterocycles. The van der Waals surface area contributed by atoms with Crippen LogP contribution in [0, 0.1) is 17.6 Å². The molecule has 16 heavy (non-hydrogen) atoms. The summed E-state index contributed by atoms with van der Waals surface area (Å²) in [5, 5.41) is 3.12. The van der Waals surface area contributed by atoms with Gasteiger partial charge in [-0.1, -0.05) is 13.8 Å². The van der Waals surface area contributed by atoms with Crippen LogP contribution in [0.3, 0.4) is 0 Å². The van der Waals surface area contributed by atoms with E-state index >= 15 is 0 Å². The molecule has 1 aromatic carbocycles. The van der Waals surface area contributed by atoms with Gasteiger partial charge >= 0.3 is 0 Å². The van der Waals surface area contributed by atoms with E-state index in [1.165, 1.54) is 19.2 Å². The zero-order chi connectivity index (χ0) is 12.1. The van der Waals surface area contributed by atoms with E-state index in [2.05, 4.69) is 23.9 Å². The maximum absolute atomic E-state index is 13.3. The maximum Gasteiger partial charge on any atom is 0.190 e. The fourth-order valence-corrected chi connectivity index (χ4v) is 1.41. The van der Waals surface area contributed by atoms with Gasteiger partial charge in [0.05, 0.1) is 7.11 Å². The molecule has 0 aliphatic rings. The van der Waals surface area contributed by atoms with Gasteiger partial charge in [-0.3, -0.25) is 0 Å². The average Bonchev–Trinajstić information content (AvgIpc) is 2.16. The lowest BCUT2D eigenvalue weighted by Gasteiger charge is -2.09. The van der Waals surface area contributed by atoms with Crippen LogP contribution in [0.15, 0.2) is 12.1 Å². The number of hydrogen-bond acceptors (Lipinski definition) is 2. The van der Waals surface area contributed by atoms with Gasteiger partial charge in [-0.2, -0.15) is 0 Å². The van der Waals surface area contributed by atoms with Gasteiger partial charge in [0.25, 0.3) is 0 Å². The second kappa shape index (κ2) is 5.80. The summed E-state index contributed by atoms with van der Waals surface area (Å²) in [6.07, 6.45) is 0. The van der Waals surface area contributed by atoms with Crippen LogP contribution in [0.4, 0.5) is 8.78 Å². The number of ether oxygens (including phenoxy) is 1. The highest BCUT2D eigenvalue weighted by Crippen LogP contribution is 2.22. The van der Waals surface area contributed by atoms with Crippen LogP contribution in [0.2, 0.25) is 0 Å². The molecule has 0 unspecified atom stereocenters. The molecule has 0 bridgehead atoms. The molecule has 0 atom stereocenters. The largest absolute Gasteiger partial charge is 0.491 e. The second-order valence-electron chi connectivity index (χ2n) is 4.12. The quantitative estimate of drug-likeness (QED) is 0.838. The number of hydrogen-bond donors (Lipinski definition) is 1. The molecular weight excluding hydrogens is 212 g/mol. The van der Waals surface area contributed by atoms with Gasteiger partial charge in [0.1, 0.15) is 0 Å². The Morgan fingerprint density at radius 3 is 2.25 bits per heavy atom. The first-order chi connectivity index (χ1) is 7.54. The monoisotopic (exact) mass is 229 g/mol. The van der Waals surface area contributed by atoms with E-state index in [0.717, 1.165) is 6.54 Å². The van der Waals surface area contributed by atoms with E-state index in [4.69, 9.17) is 0 Å². The van der Waals surface area contributed by atoms with E-state index in [0.29, 0.717) is 18.0 Å². The predicted octanol–water partition coefficient (Wildman–Crippen LogP) is 2.72. The predicted molar refractivity (Wildman–Crippen MR) is 59.5 cm³/mol. The van der Waals surface area contributed by atoms with Crippen molar-refractivity contribution in [2.24, 2.45) is 5.92 Å². The van der Waals surface area contributed by atoms with Crippen molar-refractivity contribution >= 4 is 0 Å². The second-order valence-corrected chi connectivity index (χ2v) is 4.12. The minimum Gasteiger partial charge on any atom is -0.491 e. The first-order valence-electron chi connectivity index (χ1n) is 5.27. The van der Waals surface area contributed by atoms with Crippen LogP contribution in [0.1, 0.15) is 19.4 Å². The van der Waals surface area contributed by atoms with E-state index in [1.807, 2.05) is 0 Å². The third kappa shape index (κ3) is 3.45. The van der Waals surface area contributed by atoms with Crippen molar-refractivity contribution in [3.63, 3.8) is 0 Å². The highest BCUT2D eigenvalue weighted by Gasteiger charge is 2.11. The summed E-state index contributed by atoms with van der Waals surface area (Å²) in [7, 11) is 1.25. The summed E-state index contributed by atoms with van der Waals surface area (Å²) in [4.78, 5) is 0. The summed E-state index contributed by atoms with van der Waals surface area (Å²) in [5.74, 6) is -1.15. The molecule has 4 heteroatoms. The first kappa shape index (κ1) is 12.9. The van der Waals surface area contributed by atoms with Crippen LogP contribution in [-0.2, 0) is 6.54 Å². The smallest absolute Gasteiger partial charge is 0.190 e. The summed E-state index contributed by atoms with van der Waals surface area (Å²) >= 11 is 0. The summed E-state index contributed by atoms with van der Waals surface area (Å²) in [6.45, 7) is 5.41. The fraction of sp³-hybridized carbons (Fsp3) is 0.500. The third-order valence-corrected chi connectivity index (χ3v) is 2.14. The van der Waals surface area contributed by atoms with Gasteiger partial charge in [0.2, 0.25) is 0 Å². The van der Waals surface area contributed by atoms with Crippen molar-refractivity contribution < 1.29 is 13.5 Å². The van der Waals surface area contributed by atoms with E-state index in [-0.39, 0.29) is 5.75 Å². The minimum atomic E-state index is -0.663. The number of rotatable bonds is 5. The van der Waals surface area contributed by atoms with Crippen molar-refractivity contribution in [1.29, 1.82) is 0 Å². The van der Waals surface area contributed by atoms with Crippen LogP contribution in [0.25, 0.3) is 0 Å². The van der Waals surface area contributed by atoms with E-state index < -0.39 is 11.6 Å². The van der Waals surface area contributed by atoms with Crippen molar-refractivity contribution in [1.82, 2.24) is 5.32 Å². The van der Waals surface area contributed by atoms with E-state index in [9.17, 15) is 8.78 Å². The lowest BCUT2D eigenvalue weighted by molar-refractivity contribution is 0.359. The molecule has 0 aliphatic heterocycles. The highest BCUT2D eigenvalue weighted by atomic mass is 19.1. The molecule has 90 valence electrons. The van der Waals surface area contributed by atoms with Gasteiger partial charge in [-0.05, 0) is 30.2 Å². The minimum absolute atomic E-state index is 0.326. The Bertz CT molecular complexity index is 330. The van der Waals surface area contributed by atoms with E-state index in [1.54, 1.807) is 0 Å². The molecular formula is C12H17F2NO. The Morgan fingerprint density at radius 1 is 1.25 bits per heavy atom. The molecule has 1 rings (SSSR count). The fourth-order valence-electron chi connectivity index (χ4n) is 1.41. The molecule has 0 aromatic heterocycles. The molecule has 0 saturated carbocycles. The molecule has 1 N–H and O–H groups in total. The number of nitrogens with one attached hydrogen (secondary N) is 1. The van der Waals surface area contributed by atoms with Crippen LogP contribution < -0.4 is 10.1 Å². The van der Waals surface area contributed by atoms with Crippen LogP contribution in [0.5, 0.6) is 5.75 Å². The van der Waals surface area contributed by atoms with Crippen molar-refractivity contribution in [2.75, 3.05) is 13.7 Å².